The second-order valence-electron chi connectivity index (χ2n) is 3.90. The van der Waals surface area contributed by atoms with E-state index in [2.05, 4.69) is 4.98 Å². The quantitative estimate of drug-likeness (QED) is 0.617. The summed E-state index contributed by atoms with van der Waals surface area (Å²) >= 11 is 5.95. The lowest BCUT2D eigenvalue weighted by molar-refractivity contribution is -0.117. The molecule has 0 N–H and O–H groups in total. The zero-order chi connectivity index (χ0) is 13.1. The van der Waals surface area contributed by atoms with Crippen LogP contribution < -0.4 is 4.90 Å². The van der Waals surface area contributed by atoms with Gasteiger partial charge in [-0.2, -0.15) is 0 Å². The van der Waals surface area contributed by atoms with E-state index in [-0.39, 0.29) is 30.0 Å². The van der Waals surface area contributed by atoms with Crippen molar-refractivity contribution in [1.29, 1.82) is 0 Å². The highest BCUT2D eigenvalue weighted by Gasteiger charge is 2.32. The molecule has 1 unspecified atom stereocenters. The number of carbonyl (C=O) groups is 2. The Balaban J connectivity index is 2.33. The van der Waals surface area contributed by atoms with E-state index in [4.69, 9.17) is 16.3 Å². The van der Waals surface area contributed by atoms with Gasteiger partial charge in [-0.05, 0) is 19.1 Å². The molecule has 1 aromatic heterocycles. The Morgan fingerprint density at radius 3 is 3.06 bits per heavy atom. The fourth-order valence-electron chi connectivity index (χ4n) is 1.87. The van der Waals surface area contributed by atoms with Gasteiger partial charge in [0.15, 0.2) is 5.69 Å². The standard InChI is InChI=1S/C12H13ClN2O3/c1-2-18-12(17)11-9(4-3-5-14-11)15-7-8(13)6-10(15)16/h3-5,8H,2,6-7H2,1H3. The molecule has 0 bridgehead atoms. The second-order valence-corrected chi connectivity index (χ2v) is 4.51. The zero-order valence-corrected chi connectivity index (χ0v) is 10.7. The fraction of sp³-hybridized carbons (Fsp3) is 0.417. The van der Waals surface area contributed by atoms with Crippen molar-refractivity contribution in [3.63, 3.8) is 0 Å². The highest BCUT2D eigenvalue weighted by atomic mass is 35.5. The van der Waals surface area contributed by atoms with E-state index in [1.807, 2.05) is 0 Å². The van der Waals surface area contributed by atoms with Crippen molar-refractivity contribution in [1.82, 2.24) is 4.98 Å². The molecule has 0 radical (unpaired) electrons. The Morgan fingerprint density at radius 1 is 1.67 bits per heavy atom. The number of rotatable bonds is 3. The lowest BCUT2D eigenvalue weighted by atomic mass is 10.2. The molecular formula is C12H13ClN2O3. The summed E-state index contributed by atoms with van der Waals surface area (Å²) < 4.78 is 4.92. The second kappa shape index (κ2) is 5.35. The van der Waals surface area contributed by atoms with Crippen molar-refractivity contribution in [2.45, 2.75) is 18.7 Å². The summed E-state index contributed by atoms with van der Waals surface area (Å²) in [6.45, 7) is 2.37. The van der Waals surface area contributed by atoms with Crippen molar-refractivity contribution in [3.05, 3.63) is 24.0 Å². The molecule has 0 aromatic carbocycles. The van der Waals surface area contributed by atoms with E-state index in [1.165, 1.54) is 11.1 Å². The summed E-state index contributed by atoms with van der Waals surface area (Å²) in [5, 5.41) is -0.229. The Hall–Kier alpha value is -1.62. The van der Waals surface area contributed by atoms with Crippen LogP contribution in [0.2, 0.25) is 0 Å². The number of pyridine rings is 1. The SMILES string of the molecule is CCOC(=O)c1ncccc1N1CC(Cl)CC1=O. The Kier molecular flexibility index (Phi) is 3.81. The number of carbonyl (C=O) groups excluding carboxylic acids is 2. The molecule has 0 aliphatic carbocycles. The first-order chi connectivity index (χ1) is 8.63. The number of alkyl halides is 1. The minimum atomic E-state index is -0.529. The number of hydrogen-bond acceptors (Lipinski definition) is 4. The van der Waals surface area contributed by atoms with E-state index in [1.54, 1.807) is 19.1 Å². The molecule has 0 spiro atoms. The molecule has 1 saturated heterocycles. The smallest absolute Gasteiger partial charge is 0.359 e. The van der Waals surface area contributed by atoms with Gasteiger partial charge in [0, 0.05) is 19.2 Å². The van der Waals surface area contributed by atoms with Crippen LogP contribution in [0.5, 0.6) is 0 Å². The van der Waals surface area contributed by atoms with Gasteiger partial charge in [-0.3, -0.25) is 4.79 Å². The average Bonchev–Trinajstić information content (AvgIpc) is 2.69. The lowest BCUT2D eigenvalue weighted by Crippen LogP contribution is -2.27. The number of amides is 1. The van der Waals surface area contributed by atoms with Gasteiger partial charge in [-0.1, -0.05) is 0 Å². The van der Waals surface area contributed by atoms with Crippen molar-refractivity contribution in [3.8, 4) is 0 Å². The van der Waals surface area contributed by atoms with Gasteiger partial charge in [-0.25, -0.2) is 9.78 Å². The molecular weight excluding hydrogens is 256 g/mol. The third-order valence-electron chi connectivity index (χ3n) is 2.62. The number of ether oxygens (including phenoxy) is 1. The number of halogens is 1. The van der Waals surface area contributed by atoms with Crippen LogP contribution in [0.4, 0.5) is 5.69 Å². The minimum Gasteiger partial charge on any atom is -0.461 e. The average molecular weight is 269 g/mol. The van der Waals surface area contributed by atoms with E-state index in [0.717, 1.165) is 0 Å². The van der Waals surface area contributed by atoms with Gasteiger partial charge in [-0.15, -0.1) is 11.6 Å². The van der Waals surface area contributed by atoms with Gasteiger partial charge in [0.25, 0.3) is 0 Å². The first-order valence-corrected chi connectivity index (χ1v) is 6.13. The van der Waals surface area contributed by atoms with Crippen LogP contribution in [0.1, 0.15) is 23.8 Å². The molecule has 18 heavy (non-hydrogen) atoms. The first-order valence-electron chi connectivity index (χ1n) is 5.70. The third-order valence-corrected chi connectivity index (χ3v) is 2.92. The molecule has 5 nitrogen and oxygen atoms in total. The van der Waals surface area contributed by atoms with Crippen molar-refractivity contribution >= 4 is 29.2 Å². The van der Waals surface area contributed by atoms with Crippen molar-refractivity contribution < 1.29 is 14.3 Å². The minimum absolute atomic E-state index is 0.103. The predicted octanol–water partition coefficient (Wildman–Crippen LogP) is 1.60. The van der Waals surface area contributed by atoms with E-state index in [0.29, 0.717) is 12.2 Å². The summed E-state index contributed by atoms with van der Waals surface area (Å²) in [6.07, 6.45) is 1.77. The molecule has 0 saturated carbocycles. The molecule has 6 heteroatoms. The topological polar surface area (TPSA) is 59.5 Å². The Bertz CT molecular complexity index is 478. The molecule has 2 heterocycles. The highest BCUT2D eigenvalue weighted by molar-refractivity contribution is 6.24. The third kappa shape index (κ3) is 2.46. The summed E-state index contributed by atoms with van der Waals surface area (Å²) in [5.74, 6) is -0.632. The lowest BCUT2D eigenvalue weighted by Gasteiger charge is -2.18. The van der Waals surface area contributed by atoms with Gasteiger partial charge < -0.3 is 9.64 Å². The maximum Gasteiger partial charge on any atom is 0.359 e. The number of hydrogen-bond donors (Lipinski definition) is 0. The van der Waals surface area contributed by atoms with Crippen LogP contribution in [0.25, 0.3) is 0 Å². The summed E-state index contributed by atoms with van der Waals surface area (Å²) in [4.78, 5) is 29.0. The normalized spacial score (nSPS) is 19.1. The molecule has 1 aromatic rings. The summed E-state index contributed by atoms with van der Waals surface area (Å²) in [6, 6.07) is 3.35. The van der Waals surface area contributed by atoms with E-state index >= 15 is 0 Å². The number of esters is 1. The molecule has 96 valence electrons. The molecule has 1 aliphatic rings. The van der Waals surface area contributed by atoms with E-state index in [9.17, 15) is 9.59 Å². The van der Waals surface area contributed by atoms with Gasteiger partial charge in [0.2, 0.25) is 5.91 Å². The first kappa shape index (κ1) is 12.8. The van der Waals surface area contributed by atoms with Crippen LogP contribution in [-0.2, 0) is 9.53 Å². The number of anilines is 1. The van der Waals surface area contributed by atoms with Crippen LogP contribution in [0, 0.1) is 0 Å². The van der Waals surface area contributed by atoms with Gasteiger partial charge >= 0.3 is 5.97 Å². The summed E-state index contributed by atoms with van der Waals surface area (Å²) in [5.41, 5.74) is 0.613. The fourth-order valence-corrected chi connectivity index (χ4v) is 2.14. The Morgan fingerprint density at radius 2 is 2.44 bits per heavy atom. The molecule has 1 fully saturated rings. The number of nitrogens with zero attached hydrogens (tertiary/aromatic N) is 2. The van der Waals surface area contributed by atoms with Crippen molar-refractivity contribution in [2.75, 3.05) is 18.1 Å². The monoisotopic (exact) mass is 268 g/mol. The molecule has 1 atom stereocenters. The van der Waals surface area contributed by atoms with E-state index < -0.39 is 5.97 Å². The number of aromatic nitrogens is 1. The van der Waals surface area contributed by atoms with Crippen LogP contribution in [-0.4, -0.2) is 35.4 Å². The zero-order valence-electron chi connectivity index (χ0n) is 9.93. The molecule has 1 aliphatic heterocycles. The Labute approximate surface area is 110 Å². The summed E-state index contributed by atoms with van der Waals surface area (Å²) in [7, 11) is 0. The van der Waals surface area contributed by atoms with Crippen LogP contribution >= 0.6 is 11.6 Å². The van der Waals surface area contributed by atoms with Gasteiger partial charge in [0.05, 0.1) is 17.7 Å². The maximum absolute atomic E-state index is 11.8. The predicted molar refractivity (Wildman–Crippen MR) is 66.8 cm³/mol. The van der Waals surface area contributed by atoms with Crippen LogP contribution in [0.15, 0.2) is 18.3 Å². The van der Waals surface area contributed by atoms with Gasteiger partial charge in [0.1, 0.15) is 0 Å². The van der Waals surface area contributed by atoms with Crippen LogP contribution in [0.3, 0.4) is 0 Å². The maximum atomic E-state index is 11.8. The van der Waals surface area contributed by atoms with Crippen molar-refractivity contribution in [2.24, 2.45) is 0 Å². The largest absolute Gasteiger partial charge is 0.461 e. The molecule has 2 rings (SSSR count). The highest BCUT2D eigenvalue weighted by Crippen LogP contribution is 2.26. The molecule has 1 amide bonds.